The van der Waals surface area contributed by atoms with E-state index in [4.69, 9.17) is 5.11 Å². The molecule has 0 saturated carbocycles. The van der Waals surface area contributed by atoms with E-state index in [1.54, 1.807) is 25.1 Å². The molecule has 0 amide bonds. The van der Waals surface area contributed by atoms with Crippen molar-refractivity contribution >= 4 is 5.97 Å². The van der Waals surface area contributed by atoms with Gasteiger partial charge in [-0.05, 0) is 13.0 Å². The van der Waals surface area contributed by atoms with Crippen LogP contribution >= 0.6 is 0 Å². The van der Waals surface area contributed by atoms with Crippen molar-refractivity contribution in [2.24, 2.45) is 0 Å². The van der Waals surface area contributed by atoms with Crippen molar-refractivity contribution < 1.29 is 15.0 Å². The van der Waals surface area contributed by atoms with Crippen LogP contribution in [0.25, 0.3) is 11.4 Å². The minimum absolute atomic E-state index is 0.116. The van der Waals surface area contributed by atoms with Crippen molar-refractivity contribution in [3.8, 4) is 17.3 Å². The SMILES string of the molecule is Cc1[nH]c(-c2ccccc2C(=O)O)nc1O. The molecule has 2 rings (SSSR count). The Morgan fingerprint density at radius 2 is 2.06 bits per heavy atom. The summed E-state index contributed by atoms with van der Waals surface area (Å²) in [5, 5.41) is 18.3. The number of hydrogen-bond acceptors (Lipinski definition) is 3. The van der Waals surface area contributed by atoms with Gasteiger partial charge in [0, 0.05) is 5.56 Å². The van der Waals surface area contributed by atoms with Gasteiger partial charge in [0.15, 0.2) is 0 Å². The maximum Gasteiger partial charge on any atom is 0.336 e. The van der Waals surface area contributed by atoms with Gasteiger partial charge in [-0.2, -0.15) is 4.98 Å². The number of benzene rings is 1. The highest BCUT2D eigenvalue weighted by Crippen LogP contribution is 2.24. The van der Waals surface area contributed by atoms with Gasteiger partial charge >= 0.3 is 5.97 Å². The molecular formula is C11H10N2O3. The summed E-state index contributed by atoms with van der Waals surface area (Å²) in [6.07, 6.45) is 0. The summed E-state index contributed by atoms with van der Waals surface area (Å²) in [5.41, 5.74) is 1.12. The van der Waals surface area contributed by atoms with Gasteiger partial charge in [0.25, 0.3) is 0 Å². The molecule has 0 aliphatic rings. The van der Waals surface area contributed by atoms with Gasteiger partial charge in [0.2, 0.25) is 5.88 Å². The van der Waals surface area contributed by atoms with Crippen molar-refractivity contribution in [1.29, 1.82) is 0 Å². The van der Waals surface area contributed by atoms with Crippen LogP contribution in [-0.2, 0) is 0 Å². The van der Waals surface area contributed by atoms with E-state index in [1.165, 1.54) is 6.07 Å². The summed E-state index contributed by atoms with van der Waals surface area (Å²) in [7, 11) is 0. The van der Waals surface area contributed by atoms with Gasteiger partial charge < -0.3 is 15.2 Å². The first-order valence-electron chi connectivity index (χ1n) is 4.68. The van der Waals surface area contributed by atoms with Crippen molar-refractivity contribution in [3.63, 3.8) is 0 Å². The Labute approximate surface area is 91.4 Å². The van der Waals surface area contributed by atoms with Crippen LogP contribution < -0.4 is 0 Å². The quantitative estimate of drug-likeness (QED) is 0.717. The number of hydrogen-bond donors (Lipinski definition) is 3. The molecule has 1 aromatic carbocycles. The molecule has 0 saturated heterocycles. The van der Waals surface area contributed by atoms with Crippen molar-refractivity contribution in [3.05, 3.63) is 35.5 Å². The predicted octanol–water partition coefficient (Wildman–Crippen LogP) is 1.79. The Bertz CT molecular complexity index is 526. The van der Waals surface area contributed by atoms with E-state index in [2.05, 4.69) is 9.97 Å². The first-order valence-corrected chi connectivity index (χ1v) is 4.68. The minimum atomic E-state index is -1.02. The van der Waals surface area contributed by atoms with E-state index in [-0.39, 0.29) is 11.4 Å². The average molecular weight is 218 g/mol. The smallest absolute Gasteiger partial charge is 0.336 e. The van der Waals surface area contributed by atoms with Crippen molar-refractivity contribution in [2.45, 2.75) is 6.92 Å². The summed E-state index contributed by atoms with van der Waals surface area (Å²) in [5.74, 6) is -0.785. The number of aromatic carboxylic acids is 1. The summed E-state index contributed by atoms with van der Waals surface area (Å²) in [6, 6.07) is 6.49. The Hall–Kier alpha value is -2.30. The number of nitrogens with one attached hydrogen (secondary N) is 1. The molecule has 1 aromatic heterocycles. The number of carbonyl (C=O) groups is 1. The van der Waals surface area contributed by atoms with Crippen LogP contribution in [0.15, 0.2) is 24.3 Å². The zero-order valence-electron chi connectivity index (χ0n) is 8.56. The fraction of sp³-hybridized carbons (Fsp3) is 0.0909. The molecule has 82 valence electrons. The molecular weight excluding hydrogens is 208 g/mol. The molecule has 16 heavy (non-hydrogen) atoms. The normalized spacial score (nSPS) is 10.3. The van der Waals surface area contributed by atoms with E-state index in [1.807, 2.05) is 0 Å². The monoisotopic (exact) mass is 218 g/mol. The van der Waals surface area contributed by atoms with E-state index < -0.39 is 5.97 Å². The zero-order chi connectivity index (χ0) is 11.7. The van der Waals surface area contributed by atoms with Crippen molar-refractivity contribution in [2.75, 3.05) is 0 Å². The molecule has 0 radical (unpaired) electrons. The third-order valence-corrected chi connectivity index (χ3v) is 2.27. The van der Waals surface area contributed by atoms with Crippen LogP contribution in [0, 0.1) is 6.92 Å². The topological polar surface area (TPSA) is 86.2 Å². The predicted molar refractivity (Wildman–Crippen MR) is 57.4 cm³/mol. The van der Waals surface area contributed by atoms with E-state index in [9.17, 15) is 9.90 Å². The van der Waals surface area contributed by atoms with E-state index in [0.717, 1.165) is 0 Å². The number of aromatic nitrogens is 2. The fourth-order valence-electron chi connectivity index (χ4n) is 1.45. The second-order valence-electron chi connectivity index (χ2n) is 3.38. The lowest BCUT2D eigenvalue weighted by molar-refractivity contribution is 0.0697. The second kappa shape index (κ2) is 3.69. The lowest BCUT2D eigenvalue weighted by atomic mass is 10.1. The summed E-state index contributed by atoms with van der Waals surface area (Å²) in [4.78, 5) is 17.7. The molecule has 2 aromatic rings. The van der Waals surface area contributed by atoms with Gasteiger partial charge in [0.05, 0.1) is 11.3 Å². The highest BCUT2D eigenvalue weighted by Gasteiger charge is 2.14. The maximum atomic E-state index is 11.0. The molecule has 0 unspecified atom stereocenters. The molecule has 0 aliphatic heterocycles. The maximum absolute atomic E-state index is 11.0. The zero-order valence-corrected chi connectivity index (χ0v) is 8.56. The number of aromatic hydroxyl groups is 1. The van der Waals surface area contributed by atoms with Crippen LogP contribution in [0.5, 0.6) is 5.88 Å². The lowest BCUT2D eigenvalue weighted by Gasteiger charge is -2.01. The highest BCUT2D eigenvalue weighted by molar-refractivity contribution is 5.95. The molecule has 0 fully saturated rings. The van der Waals surface area contributed by atoms with Crippen LogP contribution in [0.4, 0.5) is 0 Å². The first-order chi connectivity index (χ1) is 7.59. The number of aromatic amines is 1. The molecule has 5 nitrogen and oxygen atoms in total. The first kappa shape index (κ1) is 10.2. The highest BCUT2D eigenvalue weighted by atomic mass is 16.4. The largest absolute Gasteiger partial charge is 0.492 e. The molecule has 1 heterocycles. The Balaban J connectivity index is 2.59. The summed E-state index contributed by atoms with van der Waals surface area (Å²) in [6.45, 7) is 1.66. The molecule has 5 heteroatoms. The van der Waals surface area contributed by atoms with Crippen molar-refractivity contribution in [1.82, 2.24) is 9.97 Å². The number of carboxylic acid groups (broad SMARTS) is 1. The van der Waals surface area contributed by atoms with Crippen LogP contribution in [0.2, 0.25) is 0 Å². The van der Waals surface area contributed by atoms with Crippen LogP contribution in [0.3, 0.4) is 0 Å². The lowest BCUT2D eigenvalue weighted by Crippen LogP contribution is -1.99. The Morgan fingerprint density at radius 1 is 1.38 bits per heavy atom. The van der Waals surface area contributed by atoms with E-state index in [0.29, 0.717) is 17.1 Å². The molecule has 0 atom stereocenters. The number of rotatable bonds is 2. The Kier molecular flexibility index (Phi) is 2.36. The molecule has 0 spiro atoms. The minimum Gasteiger partial charge on any atom is -0.492 e. The van der Waals surface area contributed by atoms with Gasteiger partial charge in [-0.1, -0.05) is 18.2 Å². The fourth-order valence-corrected chi connectivity index (χ4v) is 1.45. The van der Waals surface area contributed by atoms with Crippen LogP contribution in [-0.4, -0.2) is 26.2 Å². The average Bonchev–Trinajstić information content (AvgIpc) is 2.59. The number of imidazole rings is 1. The molecule has 3 N–H and O–H groups in total. The second-order valence-corrected chi connectivity index (χ2v) is 3.38. The van der Waals surface area contributed by atoms with Crippen LogP contribution in [0.1, 0.15) is 16.1 Å². The number of carboxylic acids is 1. The third kappa shape index (κ3) is 1.63. The Morgan fingerprint density at radius 3 is 2.62 bits per heavy atom. The summed E-state index contributed by atoms with van der Waals surface area (Å²) >= 11 is 0. The van der Waals surface area contributed by atoms with Gasteiger partial charge in [-0.3, -0.25) is 0 Å². The van der Waals surface area contributed by atoms with Gasteiger partial charge in [-0.25, -0.2) is 4.79 Å². The molecule has 0 aliphatic carbocycles. The van der Waals surface area contributed by atoms with Gasteiger partial charge in [-0.15, -0.1) is 0 Å². The number of aryl methyl sites for hydroxylation is 1. The number of H-pyrrole nitrogens is 1. The number of nitrogens with zero attached hydrogens (tertiary/aromatic N) is 1. The van der Waals surface area contributed by atoms with Gasteiger partial charge in [0.1, 0.15) is 5.82 Å². The standard InChI is InChI=1S/C11H10N2O3/c1-6-10(14)13-9(12-6)7-4-2-3-5-8(7)11(15)16/h2-5,14H,1H3,(H,12,13)(H,15,16). The molecule has 0 bridgehead atoms. The summed E-state index contributed by atoms with van der Waals surface area (Å²) < 4.78 is 0. The van der Waals surface area contributed by atoms with E-state index >= 15 is 0 Å². The third-order valence-electron chi connectivity index (χ3n) is 2.27.